The fourth-order valence-electron chi connectivity index (χ4n) is 2.25. The third-order valence-electron chi connectivity index (χ3n) is 3.40. The van der Waals surface area contributed by atoms with Gasteiger partial charge in [0.2, 0.25) is 0 Å². The van der Waals surface area contributed by atoms with Crippen LogP contribution in [0.1, 0.15) is 13.3 Å². The van der Waals surface area contributed by atoms with E-state index in [1.54, 1.807) is 0 Å². The predicted molar refractivity (Wildman–Crippen MR) is 75.5 cm³/mol. The molecule has 0 aromatic heterocycles. The molecule has 0 radical (unpaired) electrons. The minimum absolute atomic E-state index is 0.503. The summed E-state index contributed by atoms with van der Waals surface area (Å²) in [7, 11) is 0. The largest absolute Gasteiger partial charge is 0.492 e. The Morgan fingerprint density at radius 2 is 1.94 bits per heavy atom. The fraction of sp³-hybridized carbons (Fsp3) is 0.571. The number of halogens is 1. The lowest BCUT2D eigenvalue weighted by Crippen LogP contribution is -2.50. The van der Waals surface area contributed by atoms with Crippen LogP contribution >= 0.6 is 11.6 Å². The zero-order valence-corrected chi connectivity index (χ0v) is 11.6. The number of hydrogen-bond donors (Lipinski definition) is 1. The van der Waals surface area contributed by atoms with Gasteiger partial charge in [-0.3, -0.25) is 4.90 Å². The van der Waals surface area contributed by atoms with Crippen molar-refractivity contribution in [3.63, 3.8) is 0 Å². The van der Waals surface area contributed by atoms with Crippen LogP contribution in [0.4, 0.5) is 0 Å². The molecule has 1 aliphatic rings. The maximum absolute atomic E-state index is 5.85. The summed E-state index contributed by atoms with van der Waals surface area (Å²) in [6.45, 7) is 7.36. The van der Waals surface area contributed by atoms with Gasteiger partial charge in [0.25, 0.3) is 0 Å². The Kier molecular flexibility index (Phi) is 5.29. The highest BCUT2D eigenvalue weighted by atomic mass is 35.5. The van der Waals surface area contributed by atoms with E-state index in [0.717, 1.165) is 50.0 Å². The zero-order chi connectivity index (χ0) is 12.8. The molecule has 0 amide bonds. The van der Waals surface area contributed by atoms with Gasteiger partial charge in [-0.2, -0.15) is 0 Å². The summed E-state index contributed by atoms with van der Waals surface area (Å²) >= 11 is 5.85. The van der Waals surface area contributed by atoms with Crippen molar-refractivity contribution < 1.29 is 4.74 Å². The third-order valence-corrected chi connectivity index (χ3v) is 3.65. The number of hydrogen-bond acceptors (Lipinski definition) is 3. The molecular weight excluding hydrogens is 248 g/mol. The quantitative estimate of drug-likeness (QED) is 0.888. The molecule has 2 rings (SSSR count). The molecule has 0 aliphatic carbocycles. The summed E-state index contributed by atoms with van der Waals surface area (Å²) < 4.78 is 5.85. The Bertz CT molecular complexity index is 349. The monoisotopic (exact) mass is 268 g/mol. The van der Waals surface area contributed by atoms with Crippen LogP contribution in [0.25, 0.3) is 0 Å². The van der Waals surface area contributed by atoms with E-state index < -0.39 is 0 Å². The van der Waals surface area contributed by atoms with Crippen molar-refractivity contribution in [2.24, 2.45) is 0 Å². The summed E-state index contributed by atoms with van der Waals surface area (Å²) in [5.41, 5.74) is 0. The average Bonchev–Trinajstić information content (AvgIpc) is 2.43. The molecule has 1 saturated heterocycles. The van der Waals surface area contributed by atoms with Gasteiger partial charge in [-0.05, 0) is 30.7 Å². The van der Waals surface area contributed by atoms with Gasteiger partial charge in [0.05, 0.1) is 0 Å². The first-order chi connectivity index (χ1) is 8.79. The Labute approximate surface area is 114 Å². The average molecular weight is 269 g/mol. The summed E-state index contributed by atoms with van der Waals surface area (Å²) in [5, 5.41) is 4.12. The molecular formula is C14H21ClN2O. The molecule has 4 heteroatoms. The number of nitrogens with one attached hydrogen (secondary N) is 1. The van der Waals surface area contributed by atoms with Gasteiger partial charge >= 0.3 is 0 Å². The van der Waals surface area contributed by atoms with E-state index >= 15 is 0 Å². The molecule has 0 bridgehead atoms. The van der Waals surface area contributed by atoms with Crippen LogP contribution in [0.3, 0.4) is 0 Å². The van der Waals surface area contributed by atoms with Crippen LogP contribution in [0.15, 0.2) is 24.3 Å². The fourth-order valence-corrected chi connectivity index (χ4v) is 2.38. The Balaban J connectivity index is 1.84. The minimum atomic E-state index is 0.503. The highest BCUT2D eigenvalue weighted by Crippen LogP contribution is 2.16. The maximum Gasteiger partial charge on any atom is 0.119 e. The predicted octanol–water partition coefficient (Wildman–Crippen LogP) is 2.40. The molecule has 3 nitrogen and oxygen atoms in total. The van der Waals surface area contributed by atoms with Crippen LogP contribution in [0.5, 0.6) is 5.75 Å². The second-order valence-corrected chi connectivity index (χ2v) is 5.05. The highest BCUT2D eigenvalue weighted by molar-refractivity contribution is 6.30. The first-order valence-corrected chi connectivity index (χ1v) is 7.00. The number of nitrogens with zero attached hydrogens (tertiary/aromatic N) is 1. The van der Waals surface area contributed by atoms with Gasteiger partial charge in [-0.1, -0.05) is 18.5 Å². The van der Waals surface area contributed by atoms with Crippen LogP contribution < -0.4 is 10.1 Å². The lowest BCUT2D eigenvalue weighted by molar-refractivity contribution is 0.118. The first kappa shape index (κ1) is 13.7. The van der Waals surface area contributed by atoms with E-state index in [-0.39, 0.29) is 0 Å². The molecule has 0 saturated carbocycles. The number of piperazine rings is 1. The van der Waals surface area contributed by atoms with Crippen LogP contribution in [-0.4, -0.2) is 43.7 Å². The third kappa shape index (κ3) is 3.87. The van der Waals surface area contributed by atoms with E-state index in [9.17, 15) is 0 Å². The van der Waals surface area contributed by atoms with Crippen molar-refractivity contribution in [3.05, 3.63) is 29.3 Å². The van der Waals surface area contributed by atoms with E-state index in [1.807, 2.05) is 24.3 Å². The van der Waals surface area contributed by atoms with E-state index in [4.69, 9.17) is 16.3 Å². The van der Waals surface area contributed by atoms with Crippen molar-refractivity contribution in [2.45, 2.75) is 19.4 Å². The SMILES string of the molecule is CCC(COc1ccc(Cl)cc1)N1CCNCC1. The second kappa shape index (κ2) is 6.98. The smallest absolute Gasteiger partial charge is 0.119 e. The molecule has 1 atom stereocenters. The summed E-state index contributed by atoms with van der Waals surface area (Å²) in [6, 6.07) is 8.08. The molecule has 18 heavy (non-hydrogen) atoms. The van der Waals surface area contributed by atoms with Gasteiger partial charge in [0.1, 0.15) is 12.4 Å². The summed E-state index contributed by atoms with van der Waals surface area (Å²) in [6.07, 6.45) is 1.12. The molecule has 1 aliphatic heterocycles. The van der Waals surface area contributed by atoms with Crippen LogP contribution in [0.2, 0.25) is 5.02 Å². The van der Waals surface area contributed by atoms with Crippen LogP contribution in [-0.2, 0) is 0 Å². The van der Waals surface area contributed by atoms with Crippen molar-refractivity contribution in [1.82, 2.24) is 10.2 Å². The van der Waals surface area contributed by atoms with Gasteiger partial charge in [-0.25, -0.2) is 0 Å². The second-order valence-electron chi connectivity index (χ2n) is 4.61. The van der Waals surface area contributed by atoms with E-state index in [2.05, 4.69) is 17.1 Å². The number of benzene rings is 1. The topological polar surface area (TPSA) is 24.5 Å². The van der Waals surface area contributed by atoms with Crippen molar-refractivity contribution >= 4 is 11.6 Å². The van der Waals surface area contributed by atoms with Gasteiger partial charge in [0.15, 0.2) is 0 Å². The van der Waals surface area contributed by atoms with Crippen molar-refractivity contribution in [2.75, 3.05) is 32.8 Å². The minimum Gasteiger partial charge on any atom is -0.492 e. The molecule has 0 spiro atoms. The molecule has 1 N–H and O–H groups in total. The van der Waals surface area contributed by atoms with E-state index in [0.29, 0.717) is 6.04 Å². The lowest BCUT2D eigenvalue weighted by Gasteiger charge is -2.34. The molecule has 1 aromatic rings. The van der Waals surface area contributed by atoms with Gasteiger partial charge < -0.3 is 10.1 Å². The standard InChI is InChI=1S/C14H21ClN2O/c1-2-13(17-9-7-16-8-10-17)11-18-14-5-3-12(15)4-6-14/h3-6,13,16H,2,7-11H2,1H3. The van der Waals surface area contributed by atoms with Gasteiger partial charge in [-0.15, -0.1) is 0 Å². The van der Waals surface area contributed by atoms with E-state index in [1.165, 1.54) is 0 Å². The molecule has 1 aromatic carbocycles. The van der Waals surface area contributed by atoms with Gasteiger partial charge in [0, 0.05) is 37.2 Å². The zero-order valence-electron chi connectivity index (χ0n) is 10.9. The summed E-state index contributed by atoms with van der Waals surface area (Å²) in [4.78, 5) is 2.51. The molecule has 1 fully saturated rings. The highest BCUT2D eigenvalue weighted by Gasteiger charge is 2.19. The normalized spacial score (nSPS) is 18.6. The summed E-state index contributed by atoms with van der Waals surface area (Å²) in [5.74, 6) is 0.896. The maximum atomic E-state index is 5.85. The van der Waals surface area contributed by atoms with Crippen molar-refractivity contribution in [3.8, 4) is 5.75 Å². The lowest BCUT2D eigenvalue weighted by atomic mass is 10.2. The molecule has 1 heterocycles. The first-order valence-electron chi connectivity index (χ1n) is 6.62. The number of ether oxygens (including phenoxy) is 1. The Morgan fingerprint density at radius 3 is 2.56 bits per heavy atom. The molecule has 1 unspecified atom stereocenters. The van der Waals surface area contributed by atoms with Crippen LogP contribution in [0, 0.1) is 0 Å². The Hall–Kier alpha value is -0.770. The van der Waals surface area contributed by atoms with Crippen molar-refractivity contribution in [1.29, 1.82) is 0 Å². The number of rotatable bonds is 5. The molecule has 100 valence electrons. The Morgan fingerprint density at radius 1 is 1.28 bits per heavy atom.